The summed E-state index contributed by atoms with van der Waals surface area (Å²) >= 11 is 0. The Bertz CT molecular complexity index is 1260. The molecule has 1 aromatic rings. The van der Waals surface area contributed by atoms with Gasteiger partial charge in [0.15, 0.2) is 12.4 Å². The molecule has 0 aliphatic heterocycles. The van der Waals surface area contributed by atoms with Gasteiger partial charge in [0.25, 0.3) is 0 Å². The Kier molecular flexibility index (Phi) is 6.79. The molecule has 0 spiro atoms. The first kappa shape index (κ1) is 27.3. The summed E-state index contributed by atoms with van der Waals surface area (Å²) in [6, 6.07) is 8.58. The molecule has 0 radical (unpaired) electrons. The summed E-state index contributed by atoms with van der Waals surface area (Å²) in [5, 5.41) is 26.3. The summed E-state index contributed by atoms with van der Waals surface area (Å²) in [7, 11) is 1.21. The molecule has 4 aliphatic rings. The highest BCUT2D eigenvalue weighted by Crippen LogP contribution is 2.68. The van der Waals surface area contributed by atoms with E-state index in [0.717, 1.165) is 5.57 Å². The van der Waals surface area contributed by atoms with Crippen LogP contribution in [0.5, 0.6) is 0 Å². The molecule has 208 valence electrons. The largest absolute Gasteiger partial charge is 0.469 e. The smallest absolute Gasteiger partial charge is 0.412 e. The number of ketones is 2. The normalized spacial score (nSPS) is 38.5. The van der Waals surface area contributed by atoms with Gasteiger partial charge in [-0.3, -0.25) is 19.7 Å². The molecule has 0 heterocycles. The summed E-state index contributed by atoms with van der Waals surface area (Å²) in [5.74, 6) is -3.41. The Balaban J connectivity index is 1.44. The highest BCUT2D eigenvalue weighted by molar-refractivity contribution is 6.01. The highest BCUT2D eigenvalue weighted by atomic mass is 16.6. The topological polar surface area (TPSA) is 139 Å². The average Bonchev–Trinajstić information content (AvgIpc) is 3.15. The predicted molar refractivity (Wildman–Crippen MR) is 140 cm³/mol. The highest BCUT2D eigenvalue weighted by Gasteiger charge is 2.73. The second-order valence-electron chi connectivity index (χ2n) is 11.8. The zero-order valence-electron chi connectivity index (χ0n) is 22.4. The van der Waals surface area contributed by atoms with Gasteiger partial charge >= 0.3 is 12.1 Å². The number of anilines is 1. The quantitative estimate of drug-likeness (QED) is 0.487. The molecule has 3 saturated carbocycles. The third kappa shape index (κ3) is 4.14. The number of amides is 1. The lowest BCUT2D eigenvalue weighted by atomic mass is 9.46. The number of rotatable bonds is 5. The predicted octanol–water partition coefficient (Wildman–Crippen LogP) is 3.21. The van der Waals surface area contributed by atoms with Crippen LogP contribution in [0, 0.1) is 34.5 Å². The van der Waals surface area contributed by atoms with E-state index in [-0.39, 0.29) is 36.4 Å². The minimum atomic E-state index is -2.21. The molecule has 5 rings (SSSR count). The fraction of sp³-hybridized carbons (Fsp3) is 0.533. The molecule has 9 heteroatoms. The maximum absolute atomic E-state index is 13.7. The fourth-order valence-electron chi connectivity index (χ4n) is 8.21. The van der Waals surface area contributed by atoms with Gasteiger partial charge < -0.3 is 19.7 Å². The van der Waals surface area contributed by atoms with Gasteiger partial charge in [0.05, 0.1) is 19.1 Å². The Labute approximate surface area is 227 Å². The Hall–Kier alpha value is -3.30. The number of hydrogen-bond donors (Lipinski definition) is 3. The van der Waals surface area contributed by atoms with Crippen LogP contribution in [-0.2, 0) is 23.9 Å². The number of esters is 1. The van der Waals surface area contributed by atoms with Gasteiger partial charge in [0.2, 0.25) is 5.78 Å². The van der Waals surface area contributed by atoms with Crippen LogP contribution in [0.15, 0.2) is 54.1 Å². The maximum atomic E-state index is 13.7. The second kappa shape index (κ2) is 9.71. The zero-order valence-corrected chi connectivity index (χ0v) is 22.4. The summed E-state index contributed by atoms with van der Waals surface area (Å²) in [5.41, 5.74) is -2.46. The van der Waals surface area contributed by atoms with Gasteiger partial charge in [-0.1, -0.05) is 43.7 Å². The number of para-hydroxylation sites is 1. The number of aliphatic hydroxyl groups excluding tert-OH is 1. The number of benzene rings is 1. The molecule has 0 bridgehead atoms. The van der Waals surface area contributed by atoms with Crippen molar-refractivity contribution in [2.24, 2.45) is 34.5 Å². The molecule has 9 nitrogen and oxygen atoms in total. The Morgan fingerprint density at radius 1 is 1.15 bits per heavy atom. The molecule has 1 amide bonds. The van der Waals surface area contributed by atoms with Gasteiger partial charge in [-0.25, -0.2) is 4.79 Å². The van der Waals surface area contributed by atoms with Crippen LogP contribution in [0.1, 0.15) is 39.5 Å². The lowest BCUT2D eigenvalue weighted by Crippen LogP contribution is -2.63. The third-order valence-electron chi connectivity index (χ3n) is 10.0. The Morgan fingerprint density at radius 2 is 1.87 bits per heavy atom. The SMILES string of the molecule is COC(=O)[C@@H]1C[C@H]2[C@@H]3CCC4=CC(=O)C=C[C@]4(C)[C@H]3C(O)C[C@]2(C)[C@@]1(O)C(=O)COC(=O)Nc1ccccc1. The van der Waals surface area contributed by atoms with Gasteiger partial charge in [-0.15, -0.1) is 0 Å². The summed E-state index contributed by atoms with van der Waals surface area (Å²) in [4.78, 5) is 51.1. The van der Waals surface area contributed by atoms with Crippen LogP contribution in [0.2, 0.25) is 0 Å². The number of carbonyl (C=O) groups is 4. The minimum Gasteiger partial charge on any atom is -0.469 e. The van der Waals surface area contributed by atoms with Crippen molar-refractivity contribution < 1.29 is 38.9 Å². The van der Waals surface area contributed by atoms with Gasteiger partial charge in [0, 0.05) is 22.4 Å². The molecule has 1 unspecified atom stereocenters. The molecular weight excluding hydrogens is 502 g/mol. The first-order chi connectivity index (χ1) is 18.5. The van der Waals surface area contributed by atoms with Crippen LogP contribution in [-0.4, -0.2) is 59.3 Å². The maximum Gasteiger partial charge on any atom is 0.412 e. The number of fused-ring (bicyclic) bond motifs is 5. The van der Waals surface area contributed by atoms with Gasteiger partial charge in [-0.05, 0) is 61.8 Å². The number of ether oxygens (including phenoxy) is 2. The van der Waals surface area contributed by atoms with Crippen molar-refractivity contribution in [1.29, 1.82) is 0 Å². The zero-order chi connectivity index (χ0) is 28.2. The molecule has 0 saturated heterocycles. The molecule has 8 atom stereocenters. The first-order valence-corrected chi connectivity index (χ1v) is 13.4. The molecular formula is C30H35NO8. The van der Waals surface area contributed by atoms with E-state index in [9.17, 15) is 29.4 Å². The second-order valence-corrected chi connectivity index (χ2v) is 11.8. The lowest BCUT2D eigenvalue weighted by Gasteiger charge is -2.59. The van der Waals surface area contributed by atoms with Crippen molar-refractivity contribution in [1.82, 2.24) is 0 Å². The van der Waals surface area contributed by atoms with Crippen molar-refractivity contribution >= 4 is 29.3 Å². The van der Waals surface area contributed by atoms with Crippen LogP contribution < -0.4 is 5.32 Å². The van der Waals surface area contributed by atoms with Crippen LogP contribution in [0.3, 0.4) is 0 Å². The summed E-state index contributed by atoms with van der Waals surface area (Å²) < 4.78 is 10.2. The monoisotopic (exact) mass is 537 g/mol. The average molecular weight is 538 g/mol. The van der Waals surface area contributed by atoms with Crippen LogP contribution in [0.4, 0.5) is 10.5 Å². The van der Waals surface area contributed by atoms with Crippen LogP contribution in [0.25, 0.3) is 0 Å². The standard InChI is InChI=1S/C30H35NO8/c1-28-12-11-19(32)13-17(28)9-10-20-21-14-22(26(35)38-3)30(37,29(21,2)15-23(33)25(20)28)24(34)16-39-27(36)31-18-7-5-4-6-8-18/h4-8,11-13,20-23,25,33,37H,9-10,14-16H2,1-3H3,(H,31,36)/t20-,21-,22-,23?,25+,28-,29-,30-/m0/s1. The fourth-order valence-corrected chi connectivity index (χ4v) is 8.21. The molecule has 3 N–H and O–H groups in total. The van der Waals surface area contributed by atoms with Gasteiger partial charge in [-0.2, -0.15) is 0 Å². The summed E-state index contributed by atoms with van der Waals surface area (Å²) in [6.45, 7) is 3.02. The number of methoxy groups -OCH3 is 1. The van der Waals surface area contributed by atoms with E-state index in [1.165, 1.54) is 13.2 Å². The van der Waals surface area contributed by atoms with Crippen molar-refractivity contribution in [3.63, 3.8) is 0 Å². The van der Waals surface area contributed by atoms with E-state index >= 15 is 0 Å². The van der Waals surface area contributed by atoms with E-state index < -0.39 is 52.9 Å². The van der Waals surface area contributed by atoms with Crippen molar-refractivity contribution in [2.75, 3.05) is 19.0 Å². The Morgan fingerprint density at radius 3 is 2.56 bits per heavy atom. The number of Topliss-reactive ketones (excluding diaryl/α,β-unsaturated/α-hetero) is 1. The number of carbonyl (C=O) groups excluding carboxylic acids is 4. The number of hydrogen-bond acceptors (Lipinski definition) is 8. The number of aliphatic hydroxyl groups is 2. The van der Waals surface area contributed by atoms with Gasteiger partial charge in [0.1, 0.15) is 5.60 Å². The van der Waals surface area contributed by atoms with Crippen molar-refractivity contribution in [3.05, 3.63) is 54.1 Å². The van der Waals surface area contributed by atoms with E-state index in [4.69, 9.17) is 9.47 Å². The van der Waals surface area contributed by atoms with Crippen molar-refractivity contribution in [3.8, 4) is 0 Å². The molecule has 39 heavy (non-hydrogen) atoms. The first-order valence-electron chi connectivity index (χ1n) is 13.4. The number of allylic oxidation sites excluding steroid dienone is 4. The van der Waals surface area contributed by atoms with Crippen LogP contribution >= 0.6 is 0 Å². The molecule has 1 aromatic carbocycles. The molecule has 3 fully saturated rings. The van der Waals surface area contributed by atoms with E-state index in [2.05, 4.69) is 5.32 Å². The lowest BCUT2D eigenvalue weighted by molar-refractivity contribution is -0.190. The van der Waals surface area contributed by atoms with E-state index in [1.807, 2.05) is 13.0 Å². The van der Waals surface area contributed by atoms with Crippen molar-refractivity contribution in [2.45, 2.75) is 51.2 Å². The minimum absolute atomic E-state index is 0.0649. The molecule has 4 aliphatic carbocycles. The summed E-state index contributed by atoms with van der Waals surface area (Å²) in [6.07, 6.45) is 4.86. The number of nitrogens with one attached hydrogen (secondary N) is 1. The molecule has 0 aromatic heterocycles. The van der Waals surface area contributed by atoms with E-state index in [0.29, 0.717) is 18.5 Å². The third-order valence-corrected chi connectivity index (χ3v) is 10.0. The van der Waals surface area contributed by atoms with E-state index in [1.54, 1.807) is 43.3 Å².